The summed E-state index contributed by atoms with van der Waals surface area (Å²) in [4.78, 5) is 29.6. The number of fused-ring (bicyclic) bond motifs is 1. The first kappa shape index (κ1) is 6.84. The first-order valence-corrected chi connectivity index (χ1v) is 3.27. The zero-order valence-electron chi connectivity index (χ0n) is 6.24. The van der Waals surface area contributed by atoms with Crippen molar-refractivity contribution in [1.29, 1.82) is 0 Å². The normalized spacial score (nSPS) is 15.9. The van der Waals surface area contributed by atoms with E-state index in [0.29, 0.717) is 5.82 Å². The molecule has 0 aromatic carbocycles. The highest BCUT2D eigenvalue weighted by molar-refractivity contribution is 6.14. The molecule has 1 aromatic rings. The molecule has 12 heavy (non-hydrogen) atoms. The molecule has 0 unspecified atom stereocenters. The number of carbonyl (C=O) groups is 2. The topological polar surface area (TPSA) is 80.2 Å². The number of carbonyl (C=O) groups excluding carboxylic acids is 2. The van der Waals surface area contributed by atoms with Crippen molar-refractivity contribution in [3.8, 4) is 0 Å². The number of imide groups is 1. The van der Waals surface area contributed by atoms with Crippen LogP contribution in [0.15, 0.2) is 6.33 Å². The number of anilines is 1. The molecule has 61 valence electrons. The van der Waals surface area contributed by atoms with Gasteiger partial charge in [0, 0.05) is 7.05 Å². The largest absolute Gasteiger partial charge is 0.352 e. The number of nitrogens with zero attached hydrogens (tertiary/aromatic N) is 3. The molecule has 1 radical (unpaired) electrons. The average Bonchev–Trinajstić information content (AvgIpc) is 2.48. The van der Waals surface area contributed by atoms with Gasteiger partial charge in [-0.1, -0.05) is 0 Å². The molecule has 2 heterocycles. The lowest BCUT2D eigenvalue weighted by molar-refractivity contribution is 0.0953. The Hall–Kier alpha value is -1.85. The minimum absolute atomic E-state index is 0.261. The second kappa shape index (κ2) is 2.07. The Bertz CT molecular complexity index is 356. The van der Waals surface area contributed by atoms with Crippen LogP contribution in [0.3, 0.4) is 0 Å². The smallest absolute Gasteiger partial charge is 0.339 e. The number of urea groups is 1. The molecule has 3 amide bonds. The molecule has 0 saturated carbocycles. The number of H-pyrrole nitrogens is 1. The van der Waals surface area contributed by atoms with Gasteiger partial charge in [0.05, 0.1) is 6.33 Å². The zero-order chi connectivity index (χ0) is 8.72. The van der Waals surface area contributed by atoms with Crippen LogP contribution in [-0.4, -0.2) is 29.0 Å². The van der Waals surface area contributed by atoms with Gasteiger partial charge in [-0.15, -0.1) is 0 Å². The minimum atomic E-state index is -0.584. The van der Waals surface area contributed by atoms with Crippen LogP contribution in [0.2, 0.25) is 0 Å². The SMILES string of the molecule is CN1C(=O)[N]C(=O)c2[nH]cnc21. The lowest BCUT2D eigenvalue weighted by atomic mass is 10.3. The van der Waals surface area contributed by atoms with Gasteiger partial charge in [-0.25, -0.2) is 9.78 Å². The Labute approximate surface area is 67.6 Å². The molecule has 1 aliphatic rings. The highest BCUT2D eigenvalue weighted by atomic mass is 16.2. The van der Waals surface area contributed by atoms with E-state index in [9.17, 15) is 9.59 Å². The van der Waals surface area contributed by atoms with Gasteiger partial charge >= 0.3 is 11.9 Å². The molecule has 1 N–H and O–H groups in total. The summed E-state index contributed by atoms with van der Waals surface area (Å²) in [5, 5.41) is 3.25. The number of hydrogen-bond acceptors (Lipinski definition) is 3. The molecule has 6 heteroatoms. The fourth-order valence-corrected chi connectivity index (χ4v) is 1.01. The maximum absolute atomic E-state index is 11.0. The van der Waals surface area contributed by atoms with Gasteiger partial charge in [0.25, 0.3) is 0 Å². The summed E-state index contributed by atoms with van der Waals surface area (Å²) in [5.74, 6) is -0.231. The summed E-state index contributed by atoms with van der Waals surface area (Å²) >= 11 is 0. The Morgan fingerprint density at radius 3 is 3.00 bits per heavy atom. The number of aromatic nitrogens is 2. The van der Waals surface area contributed by atoms with Crippen molar-refractivity contribution in [3.63, 3.8) is 0 Å². The lowest BCUT2D eigenvalue weighted by Crippen LogP contribution is -2.41. The van der Waals surface area contributed by atoms with Gasteiger partial charge in [0.1, 0.15) is 0 Å². The molecular formula is C6H5N4O2. The zero-order valence-corrected chi connectivity index (χ0v) is 6.24. The first-order valence-electron chi connectivity index (χ1n) is 3.27. The van der Waals surface area contributed by atoms with Crippen LogP contribution < -0.4 is 10.2 Å². The van der Waals surface area contributed by atoms with E-state index < -0.39 is 11.9 Å². The van der Waals surface area contributed by atoms with Gasteiger partial charge in [-0.05, 0) is 0 Å². The maximum Gasteiger partial charge on any atom is 0.352 e. The van der Waals surface area contributed by atoms with E-state index in [1.165, 1.54) is 18.3 Å². The van der Waals surface area contributed by atoms with Crippen LogP contribution >= 0.6 is 0 Å². The minimum Gasteiger partial charge on any atom is -0.339 e. The van der Waals surface area contributed by atoms with E-state index >= 15 is 0 Å². The Morgan fingerprint density at radius 1 is 1.50 bits per heavy atom. The third kappa shape index (κ3) is 0.714. The number of rotatable bonds is 0. The van der Waals surface area contributed by atoms with Crippen molar-refractivity contribution < 1.29 is 9.59 Å². The third-order valence-electron chi connectivity index (χ3n) is 1.64. The Balaban J connectivity index is 2.57. The molecule has 0 saturated heterocycles. The number of imidazole rings is 1. The molecule has 1 aromatic heterocycles. The van der Waals surface area contributed by atoms with E-state index in [2.05, 4.69) is 15.3 Å². The maximum atomic E-state index is 11.0. The molecule has 1 aliphatic heterocycles. The van der Waals surface area contributed by atoms with E-state index in [1.54, 1.807) is 0 Å². The summed E-state index contributed by atoms with van der Waals surface area (Å²) in [5.41, 5.74) is 0.261. The van der Waals surface area contributed by atoms with Crippen LogP contribution in [0.25, 0.3) is 0 Å². The fraction of sp³-hybridized carbons (Fsp3) is 0.167. The van der Waals surface area contributed by atoms with E-state index in [4.69, 9.17) is 0 Å². The van der Waals surface area contributed by atoms with Crippen LogP contribution in [0.5, 0.6) is 0 Å². The number of hydrogen-bond donors (Lipinski definition) is 1. The highest BCUT2D eigenvalue weighted by Gasteiger charge is 2.30. The van der Waals surface area contributed by atoms with Gasteiger partial charge < -0.3 is 4.98 Å². The molecule has 0 spiro atoms. The van der Waals surface area contributed by atoms with Crippen molar-refractivity contribution in [1.82, 2.24) is 15.3 Å². The fourth-order valence-electron chi connectivity index (χ4n) is 1.01. The highest BCUT2D eigenvalue weighted by Crippen LogP contribution is 2.18. The summed E-state index contributed by atoms with van der Waals surface area (Å²) in [6.07, 6.45) is 1.35. The second-order valence-electron chi connectivity index (χ2n) is 2.36. The summed E-state index contributed by atoms with van der Waals surface area (Å²) < 4.78 is 0. The molecular weight excluding hydrogens is 160 g/mol. The van der Waals surface area contributed by atoms with Gasteiger partial charge in [0.15, 0.2) is 11.5 Å². The average molecular weight is 165 g/mol. The molecule has 0 bridgehead atoms. The molecule has 0 aliphatic carbocycles. The van der Waals surface area contributed by atoms with Crippen molar-refractivity contribution >= 4 is 17.8 Å². The predicted molar refractivity (Wildman–Crippen MR) is 38.9 cm³/mol. The Kier molecular flexibility index (Phi) is 1.18. The van der Waals surface area contributed by atoms with E-state index in [-0.39, 0.29) is 5.69 Å². The van der Waals surface area contributed by atoms with Gasteiger partial charge in [-0.3, -0.25) is 9.69 Å². The number of amides is 3. The van der Waals surface area contributed by atoms with Crippen molar-refractivity contribution in [2.75, 3.05) is 11.9 Å². The number of nitrogens with one attached hydrogen (secondary N) is 1. The van der Waals surface area contributed by atoms with Crippen LogP contribution in [-0.2, 0) is 0 Å². The van der Waals surface area contributed by atoms with E-state index in [0.717, 1.165) is 0 Å². The van der Waals surface area contributed by atoms with Crippen LogP contribution in [0.4, 0.5) is 10.6 Å². The first-order chi connectivity index (χ1) is 5.70. The molecule has 0 atom stereocenters. The summed E-state index contributed by atoms with van der Waals surface area (Å²) in [7, 11) is 1.51. The quantitative estimate of drug-likeness (QED) is 0.574. The van der Waals surface area contributed by atoms with Gasteiger partial charge in [0.2, 0.25) is 0 Å². The predicted octanol–water partition coefficient (Wildman–Crippen LogP) is -0.276. The summed E-state index contributed by atoms with van der Waals surface area (Å²) in [6, 6.07) is -0.584. The standard InChI is InChI=1S/C6H5N4O2/c1-10-4-3(7-2-8-4)5(11)9-6(10)12/h2H,1H3,(H,7,8). The molecule has 0 fully saturated rings. The van der Waals surface area contributed by atoms with Crippen LogP contribution in [0.1, 0.15) is 10.5 Å². The molecule has 2 rings (SSSR count). The Morgan fingerprint density at radius 2 is 2.25 bits per heavy atom. The number of aromatic amines is 1. The van der Waals surface area contributed by atoms with Crippen molar-refractivity contribution in [2.24, 2.45) is 0 Å². The third-order valence-corrected chi connectivity index (χ3v) is 1.64. The summed E-state index contributed by atoms with van der Waals surface area (Å²) in [6.45, 7) is 0. The van der Waals surface area contributed by atoms with Gasteiger partial charge in [-0.2, -0.15) is 5.32 Å². The monoisotopic (exact) mass is 165 g/mol. The van der Waals surface area contributed by atoms with Crippen molar-refractivity contribution in [2.45, 2.75) is 0 Å². The molecule has 6 nitrogen and oxygen atoms in total. The van der Waals surface area contributed by atoms with Crippen molar-refractivity contribution in [3.05, 3.63) is 12.0 Å². The lowest BCUT2D eigenvalue weighted by Gasteiger charge is -2.18. The van der Waals surface area contributed by atoms with E-state index in [1.807, 2.05) is 0 Å². The second-order valence-corrected chi connectivity index (χ2v) is 2.36. The van der Waals surface area contributed by atoms with Crippen LogP contribution in [0, 0.1) is 0 Å².